The second-order valence-corrected chi connectivity index (χ2v) is 6.20. The van der Waals surface area contributed by atoms with Gasteiger partial charge in [0.1, 0.15) is 0 Å². The van der Waals surface area contributed by atoms with Crippen molar-refractivity contribution in [3.8, 4) is 0 Å². The lowest BCUT2D eigenvalue weighted by Crippen LogP contribution is -2.14. The second-order valence-electron chi connectivity index (χ2n) is 4.43. The van der Waals surface area contributed by atoms with Gasteiger partial charge in [0.2, 0.25) is 0 Å². The molecule has 21 heavy (non-hydrogen) atoms. The molecule has 3 N–H and O–H groups in total. The quantitative estimate of drug-likeness (QED) is 0.738. The van der Waals surface area contributed by atoms with Crippen LogP contribution in [0.5, 0.6) is 0 Å². The van der Waals surface area contributed by atoms with Gasteiger partial charge in [-0.25, -0.2) is 0 Å². The van der Waals surface area contributed by atoms with Crippen molar-refractivity contribution in [3.63, 3.8) is 0 Å². The summed E-state index contributed by atoms with van der Waals surface area (Å²) in [5.74, 6) is -0.224. The molecule has 0 fully saturated rings. The molecule has 0 aliphatic rings. The Bertz CT molecular complexity index is 654. The molecule has 0 aliphatic heterocycles. The molecular formula is C15H14Br2N2O2. The number of halogens is 2. The van der Waals surface area contributed by atoms with Crippen LogP contribution in [-0.4, -0.2) is 13.0 Å². The van der Waals surface area contributed by atoms with Crippen molar-refractivity contribution < 1.29 is 9.53 Å². The Balaban J connectivity index is 2.29. The van der Waals surface area contributed by atoms with E-state index < -0.39 is 0 Å². The molecule has 0 radical (unpaired) electrons. The summed E-state index contributed by atoms with van der Waals surface area (Å²) in [6.07, 6.45) is 0. The molecular weight excluding hydrogens is 400 g/mol. The average molecular weight is 414 g/mol. The van der Waals surface area contributed by atoms with Crippen LogP contribution in [0.4, 0.5) is 11.4 Å². The van der Waals surface area contributed by atoms with Gasteiger partial charge in [-0.05, 0) is 30.3 Å². The first-order valence-corrected chi connectivity index (χ1v) is 7.73. The normalized spacial score (nSPS) is 10.4. The monoisotopic (exact) mass is 412 g/mol. The number of rotatable bonds is 4. The summed E-state index contributed by atoms with van der Waals surface area (Å²) in [5, 5.41) is 2.88. The summed E-state index contributed by atoms with van der Waals surface area (Å²) in [5.41, 5.74) is 8.36. The van der Waals surface area contributed by atoms with Crippen molar-refractivity contribution in [1.82, 2.24) is 0 Å². The van der Waals surface area contributed by atoms with E-state index in [1.807, 2.05) is 18.2 Å². The van der Waals surface area contributed by atoms with Crippen molar-refractivity contribution in [3.05, 3.63) is 56.5 Å². The molecule has 2 rings (SSSR count). The minimum Gasteiger partial charge on any atom is -0.399 e. The Morgan fingerprint density at radius 2 is 2.05 bits per heavy atom. The van der Waals surface area contributed by atoms with E-state index in [0.717, 1.165) is 14.5 Å². The molecule has 0 bridgehead atoms. The molecule has 2 aromatic carbocycles. The zero-order valence-corrected chi connectivity index (χ0v) is 14.5. The smallest absolute Gasteiger partial charge is 0.255 e. The lowest BCUT2D eigenvalue weighted by Gasteiger charge is -2.12. The zero-order valence-electron chi connectivity index (χ0n) is 11.3. The molecule has 6 heteroatoms. The molecule has 0 heterocycles. The lowest BCUT2D eigenvalue weighted by molar-refractivity contribution is 0.102. The summed E-state index contributed by atoms with van der Waals surface area (Å²) in [6, 6.07) is 10.7. The Morgan fingerprint density at radius 1 is 1.29 bits per heavy atom. The third kappa shape index (κ3) is 4.06. The fourth-order valence-corrected chi connectivity index (χ4v) is 2.90. The number of benzene rings is 2. The van der Waals surface area contributed by atoms with Crippen molar-refractivity contribution in [2.75, 3.05) is 18.2 Å². The van der Waals surface area contributed by atoms with Gasteiger partial charge in [0.05, 0.1) is 6.61 Å². The van der Waals surface area contributed by atoms with Crippen LogP contribution in [0.1, 0.15) is 15.9 Å². The van der Waals surface area contributed by atoms with Crippen LogP contribution in [0.15, 0.2) is 45.3 Å². The Labute approximate surface area is 139 Å². The first-order valence-electron chi connectivity index (χ1n) is 6.15. The number of amides is 1. The largest absolute Gasteiger partial charge is 0.399 e. The molecule has 0 saturated carbocycles. The van der Waals surface area contributed by atoms with E-state index in [4.69, 9.17) is 10.5 Å². The SMILES string of the molecule is COCc1c(Br)cccc1NC(=O)c1cc(N)cc(Br)c1. The summed E-state index contributed by atoms with van der Waals surface area (Å²) >= 11 is 6.79. The average Bonchev–Trinajstić information content (AvgIpc) is 2.41. The highest BCUT2D eigenvalue weighted by Crippen LogP contribution is 2.26. The fraction of sp³-hybridized carbons (Fsp3) is 0.133. The number of ether oxygens (including phenoxy) is 1. The van der Waals surface area contributed by atoms with E-state index in [-0.39, 0.29) is 5.91 Å². The highest BCUT2D eigenvalue weighted by Gasteiger charge is 2.12. The van der Waals surface area contributed by atoms with Gasteiger partial charge in [-0.15, -0.1) is 0 Å². The van der Waals surface area contributed by atoms with Gasteiger partial charge < -0.3 is 15.8 Å². The van der Waals surface area contributed by atoms with Gasteiger partial charge in [-0.1, -0.05) is 37.9 Å². The van der Waals surface area contributed by atoms with Gasteiger partial charge in [-0.3, -0.25) is 4.79 Å². The predicted molar refractivity (Wildman–Crippen MR) is 91.4 cm³/mol. The van der Waals surface area contributed by atoms with Crippen LogP contribution < -0.4 is 11.1 Å². The van der Waals surface area contributed by atoms with Crippen molar-refractivity contribution in [1.29, 1.82) is 0 Å². The molecule has 4 nitrogen and oxygen atoms in total. The number of hydrogen-bond donors (Lipinski definition) is 2. The number of methoxy groups -OCH3 is 1. The Kier molecular flexibility index (Phi) is 5.39. The van der Waals surface area contributed by atoms with Crippen LogP contribution in [0.2, 0.25) is 0 Å². The highest BCUT2D eigenvalue weighted by atomic mass is 79.9. The third-order valence-corrected chi connectivity index (χ3v) is 4.04. The maximum Gasteiger partial charge on any atom is 0.255 e. The fourth-order valence-electron chi connectivity index (χ4n) is 1.90. The summed E-state index contributed by atoms with van der Waals surface area (Å²) in [4.78, 5) is 12.3. The molecule has 0 spiro atoms. The zero-order chi connectivity index (χ0) is 15.4. The maximum absolute atomic E-state index is 12.3. The topological polar surface area (TPSA) is 64.3 Å². The molecule has 1 amide bonds. The number of nitrogens with one attached hydrogen (secondary N) is 1. The molecule has 0 unspecified atom stereocenters. The molecule has 110 valence electrons. The standard InChI is InChI=1S/C15H14Br2N2O2/c1-21-8-12-13(17)3-2-4-14(12)19-15(20)9-5-10(16)7-11(18)6-9/h2-7H,8,18H2,1H3,(H,19,20). The predicted octanol–water partition coefficient (Wildman–Crippen LogP) is 4.19. The van der Waals surface area contributed by atoms with E-state index in [0.29, 0.717) is 23.5 Å². The van der Waals surface area contributed by atoms with Crippen molar-refractivity contribution >= 4 is 49.1 Å². The molecule has 0 saturated heterocycles. The Hall–Kier alpha value is -1.37. The van der Waals surface area contributed by atoms with Crippen LogP contribution in [0.25, 0.3) is 0 Å². The van der Waals surface area contributed by atoms with Crippen molar-refractivity contribution in [2.24, 2.45) is 0 Å². The maximum atomic E-state index is 12.3. The number of nitrogens with two attached hydrogens (primary N) is 1. The third-order valence-electron chi connectivity index (χ3n) is 2.84. The number of anilines is 2. The summed E-state index contributed by atoms with van der Waals surface area (Å²) in [6.45, 7) is 0.400. The van der Waals surface area contributed by atoms with E-state index in [1.165, 1.54) is 0 Å². The first kappa shape index (κ1) is 16.0. The molecule has 2 aromatic rings. The van der Waals surface area contributed by atoms with E-state index in [1.54, 1.807) is 25.3 Å². The van der Waals surface area contributed by atoms with E-state index in [2.05, 4.69) is 37.2 Å². The minimum atomic E-state index is -0.224. The van der Waals surface area contributed by atoms with Crippen LogP contribution in [-0.2, 0) is 11.3 Å². The number of nitrogen functional groups attached to an aromatic ring is 1. The lowest BCUT2D eigenvalue weighted by atomic mass is 10.1. The number of carbonyl (C=O) groups is 1. The summed E-state index contributed by atoms with van der Waals surface area (Å²) < 4.78 is 6.81. The Morgan fingerprint density at radius 3 is 2.71 bits per heavy atom. The second kappa shape index (κ2) is 7.06. The molecule has 0 aromatic heterocycles. The van der Waals surface area contributed by atoms with Crippen LogP contribution in [0, 0.1) is 0 Å². The first-order chi connectivity index (χ1) is 10.0. The van der Waals surface area contributed by atoms with Gasteiger partial charge in [-0.2, -0.15) is 0 Å². The van der Waals surface area contributed by atoms with Gasteiger partial charge in [0.25, 0.3) is 5.91 Å². The van der Waals surface area contributed by atoms with Crippen LogP contribution >= 0.6 is 31.9 Å². The highest BCUT2D eigenvalue weighted by molar-refractivity contribution is 9.10. The van der Waals surface area contributed by atoms with Crippen molar-refractivity contribution in [2.45, 2.75) is 6.61 Å². The molecule has 0 aliphatic carbocycles. The van der Waals surface area contributed by atoms with Gasteiger partial charge >= 0.3 is 0 Å². The number of hydrogen-bond acceptors (Lipinski definition) is 3. The summed E-state index contributed by atoms with van der Waals surface area (Å²) in [7, 11) is 1.61. The van der Waals surface area contributed by atoms with E-state index in [9.17, 15) is 4.79 Å². The van der Waals surface area contributed by atoms with Gasteiger partial charge in [0.15, 0.2) is 0 Å². The number of carbonyl (C=O) groups excluding carboxylic acids is 1. The molecule has 0 atom stereocenters. The minimum absolute atomic E-state index is 0.224. The van der Waals surface area contributed by atoms with E-state index >= 15 is 0 Å². The van der Waals surface area contributed by atoms with Gasteiger partial charge in [0, 0.05) is 38.6 Å². The van der Waals surface area contributed by atoms with Crippen LogP contribution in [0.3, 0.4) is 0 Å².